The van der Waals surface area contributed by atoms with Crippen molar-refractivity contribution in [3.63, 3.8) is 0 Å². The summed E-state index contributed by atoms with van der Waals surface area (Å²) in [6.45, 7) is -0.426. The van der Waals surface area contributed by atoms with Crippen LogP contribution in [0.15, 0.2) is 47.4 Å². The van der Waals surface area contributed by atoms with Crippen LogP contribution in [0.5, 0.6) is 11.5 Å². The van der Waals surface area contributed by atoms with E-state index in [1.54, 1.807) is 18.2 Å². The first-order chi connectivity index (χ1) is 14.6. The van der Waals surface area contributed by atoms with Crippen LogP contribution in [-0.4, -0.2) is 58.8 Å². The van der Waals surface area contributed by atoms with E-state index in [0.29, 0.717) is 17.1 Å². The summed E-state index contributed by atoms with van der Waals surface area (Å²) >= 11 is 0. The molecule has 2 rings (SSSR count). The van der Waals surface area contributed by atoms with Gasteiger partial charge < -0.3 is 19.1 Å². The number of rotatable bonds is 9. The Morgan fingerprint density at radius 1 is 0.968 bits per heavy atom. The van der Waals surface area contributed by atoms with Crippen molar-refractivity contribution in [3.8, 4) is 11.5 Å². The third-order valence-electron chi connectivity index (χ3n) is 4.28. The highest BCUT2D eigenvalue weighted by molar-refractivity contribution is 7.91. The van der Waals surface area contributed by atoms with E-state index >= 15 is 0 Å². The standard InChI is InChI=1S/C20H21F2NO7S/c1-28-15-8-13(9-16(10-15)29-2)11-23(12-18(24)30-3)19(25)14-4-6-17(7-5-14)31(26,27)20(21)22/h4-10,20H,11-12H2,1-3H3. The predicted octanol–water partition coefficient (Wildman–Crippen LogP) is 2.52. The second kappa shape index (κ2) is 10.2. The van der Waals surface area contributed by atoms with E-state index in [9.17, 15) is 26.8 Å². The Balaban J connectivity index is 2.35. The smallest absolute Gasteiger partial charge is 0.341 e. The second-order valence-electron chi connectivity index (χ2n) is 6.29. The molecule has 2 aromatic rings. The third kappa shape index (κ3) is 5.91. The van der Waals surface area contributed by atoms with Crippen molar-refractivity contribution in [2.45, 2.75) is 17.2 Å². The van der Waals surface area contributed by atoms with E-state index in [0.717, 1.165) is 29.2 Å². The number of hydrogen-bond donors (Lipinski definition) is 0. The van der Waals surface area contributed by atoms with Crippen molar-refractivity contribution in [1.82, 2.24) is 4.90 Å². The first-order valence-electron chi connectivity index (χ1n) is 8.82. The van der Waals surface area contributed by atoms with Gasteiger partial charge in [0.25, 0.3) is 5.91 Å². The highest BCUT2D eigenvalue weighted by Gasteiger charge is 2.27. The molecule has 0 aromatic heterocycles. The van der Waals surface area contributed by atoms with Gasteiger partial charge in [-0.1, -0.05) is 0 Å². The zero-order valence-electron chi connectivity index (χ0n) is 17.0. The minimum absolute atomic E-state index is 0.00646. The Labute approximate surface area is 178 Å². The first kappa shape index (κ1) is 24.1. The molecule has 0 saturated heterocycles. The molecule has 0 bridgehead atoms. The van der Waals surface area contributed by atoms with Crippen LogP contribution < -0.4 is 9.47 Å². The quantitative estimate of drug-likeness (QED) is 0.534. The summed E-state index contributed by atoms with van der Waals surface area (Å²) in [5, 5.41) is 0. The lowest BCUT2D eigenvalue weighted by Crippen LogP contribution is -2.35. The number of ether oxygens (including phenoxy) is 3. The third-order valence-corrected chi connectivity index (χ3v) is 5.68. The summed E-state index contributed by atoms with van der Waals surface area (Å²) in [5.74, 6) is -3.94. The molecule has 0 N–H and O–H groups in total. The van der Waals surface area contributed by atoms with Crippen molar-refractivity contribution in [2.24, 2.45) is 0 Å². The number of hydrogen-bond acceptors (Lipinski definition) is 7. The van der Waals surface area contributed by atoms with Crippen molar-refractivity contribution < 1.29 is 41.0 Å². The number of nitrogens with zero attached hydrogens (tertiary/aromatic N) is 1. The molecule has 0 unspecified atom stereocenters. The lowest BCUT2D eigenvalue weighted by molar-refractivity contribution is -0.141. The number of methoxy groups -OCH3 is 3. The molecule has 0 aliphatic heterocycles. The predicted molar refractivity (Wildman–Crippen MR) is 106 cm³/mol. The summed E-state index contributed by atoms with van der Waals surface area (Å²) in [4.78, 5) is 25.3. The Morgan fingerprint density at radius 3 is 1.97 bits per heavy atom. The fraction of sp³-hybridized carbons (Fsp3) is 0.300. The van der Waals surface area contributed by atoms with Crippen LogP contribution in [0.3, 0.4) is 0 Å². The van der Waals surface area contributed by atoms with Gasteiger partial charge in [-0.3, -0.25) is 9.59 Å². The fourth-order valence-electron chi connectivity index (χ4n) is 2.67. The molecule has 0 spiro atoms. The lowest BCUT2D eigenvalue weighted by Gasteiger charge is -2.22. The average molecular weight is 457 g/mol. The van der Waals surface area contributed by atoms with Crippen LogP contribution >= 0.6 is 0 Å². The molecule has 0 saturated carbocycles. The summed E-state index contributed by atoms with van der Waals surface area (Å²) < 4.78 is 63.6. The minimum atomic E-state index is -4.79. The fourth-order valence-corrected chi connectivity index (χ4v) is 3.39. The Kier molecular flexibility index (Phi) is 7.92. The molecule has 0 atom stereocenters. The van der Waals surface area contributed by atoms with Gasteiger partial charge in [0.05, 0.1) is 26.2 Å². The number of esters is 1. The SMILES string of the molecule is COC(=O)CN(Cc1cc(OC)cc(OC)c1)C(=O)c1ccc(S(=O)(=O)C(F)F)cc1. The Morgan fingerprint density at radius 2 is 1.52 bits per heavy atom. The topological polar surface area (TPSA) is 99.2 Å². The highest BCUT2D eigenvalue weighted by atomic mass is 32.2. The van der Waals surface area contributed by atoms with E-state index in [4.69, 9.17) is 9.47 Å². The summed E-state index contributed by atoms with van der Waals surface area (Å²) in [5.41, 5.74) is 0.595. The normalized spacial score (nSPS) is 11.2. The summed E-state index contributed by atoms with van der Waals surface area (Å²) in [7, 11) is -0.690. The molecule has 0 heterocycles. The maximum Gasteiger partial charge on any atom is 0.341 e. The van der Waals surface area contributed by atoms with Gasteiger partial charge in [0.15, 0.2) is 0 Å². The largest absolute Gasteiger partial charge is 0.497 e. The van der Waals surface area contributed by atoms with E-state index in [1.165, 1.54) is 21.3 Å². The maximum atomic E-state index is 13.0. The van der Waals surface area contributed by atoms with Gasteiger partial charge in [-0.25, -0.2) is 8.42 Å². The zero-order valence-corrected chi connectivity index (χ0v) is 17.8. The molecule has 11 heteroatoms. The number of carbonyl (C=O) groups is 2. The van der Waals surface area contributed by atoms with Gasteiger partial charge in [-0.05, 0) is 42.0 Å². The molecule has 1 amide bonds. The van der Waals surface area contributed by atoms with Crippen molar-refractivity contribution in [1.29, 1.82) is 0 Å². The first-order valence-corrected chi connectivity index (χ1v) is 10.4. The molecule has 8 nitrogen and oxygen atoms in total. The molecule has 0 aliphatic rings. The summed E-state index contributed by atoms with van der Waals surface area (Å²) in [6, 6.07) is 8.98. The maximum absolute atomic E-state index is 13.0. The molecule has 2 aromatic carbocycles. The Bertz CT molecular complexity index is 1020. The number of amides is 1. The van der Waals surface area contributed by atoms with Gasteiger partial charge in [0, 0.05) is 18.2 Å². The highest BCUT2D eigenvalue weighted by Crippen LogP contribution is 2.24. The number of halogens is 2. The molecule has 0 fully saturated rings. The van der Waals surface area contributed by atoms with E-state index in [1.807, 2.05) is 0 Å². The average Bonchev–Trinajstić information content (AvgIpc) is 2.77. The molecule has 0 aliphatic carbocycles. The van der Waals surface area contributed by atoms with Gasteiger partial charge >= 0.3 is 11.7 Å². The zero-order chi connectivity index (χ0) is 23.2. The van der Waals surface area contributed by atoms with Crippen molar-refractivity contribution in [3.05, 3.63) is 53.6 Å². The van der Waals surface area contributed by atoms with Gasteiger partial charge in [-0.2, -0.15) is 8.78 Å². The van der Waals surface area contributed by atoms with Gasteiger partial charge in [-0.15, -0.1) is 0 Å². The lowest BCUT2D eigenvalue weighted by atomic mass is 10.1. The van der Waals surface area contributed by atoms with E-state index < -0.39 is 38.9 Å². The van der Waals surface area contributed by atoms with Crippen LogP contribution in [0.25, 0.3) is 0 Å². The summed E-state index contributed by atoms with van der Waals surface area (Å²) in [6.07, 6.45) is 0. The minimum Gasteiger partial charge on any atom is -0.497 e. The Hall–Kier alpha value is -3.21. The second-order valence-corrected chi connectivity index (χ2v) is 8.21. The van der Waals surface area contributed by atoms with Crippen LogP contribution in [-0.2, 0) is 25.9 Å². The number of benzene rings is 2. The van der Waals surface area contributed by atoms with E-state index in [-0.39, 0.29) is 12.1 Å². The van der Waals surface area contributed by atoms with Crippen LogP contribution in [0.2, 0.25) is 0 Å². The molecule has 31 heavy (non-hydrogen) atoms. The van der Waals surface area contributed by atoms with E-state index in [2.05, 4.69) is 4.74 Å². The van der Waals surface area contributed by atoms with Crippen molar-refractivity contribution >= 4 is 21.7 Å². The molecular formula is C20H21F2NO7S. The van der Waals surface area contributed by atoms with Crippen LogP contribution in [0.4, 0.5) is 8.78 Å². The monoisotopic (exact) mass is 457 g/mol. The molecule has 168 valence electrons. The number of carbonyl (C=O) groups excluding carboxylic acids is 2. The molecule has 0 radical (unpaired) electrons. The van der Waals surface area contributed by atoms with Gasteiger partial charge in [0.2, 0.25) is 9.84 Å². The van der Waals surface area contributed by atoms with Crippen molar-refractivity contribution in [2.75, 3.05) is 27.9 Å². The number of sulfone groups is 1. The molecular weight excluding hydrogens is 436 g/mol. The number of alkyl halides is 2. The van der Waals surface area contributed by atoms with Crippen LogP contribution in [0, 0.1) is 0 Å². The van der Waals surface area contributed by atoms with Crippen LogP contribution in [0.1, 0.15) is 15.9 Å². The van der Waals surface area contributed by atoms with Gasteiger partial charge in [0.1, 0.15) is 18.0 Å².